The number of sulfonamides is 1. The predicted molar refractivity (Wildman–Crippen MR) is 89.9 cm³/mol. The lowest BCUT2D eigenvalue weighted by atomic mass is 10.3. The van der Waals surface area contributed by atoms with Crippen molar-refractivity contribution in [1.29, 1.82) is 0 Å². The Kier molecular flexibility index (Phi) is 4.79. The zero-order valence-electron chi connectivity index (χ0n) is 13.3. The summed E-state index contributed by atoms with van der Waals surface area (Å²) in [5, 5.41) is 4.41. The summed E-state index contributed by atoms with van der Waals surface area (Å²) in [6.45, 7) is 3.63. The van der Waals surface area contributed by atoms with Crippen molar-refractivity contribution in [3.05, 3.63) is 48.3 Å². The molecule has 7 heteroatoms. The van der Waals surface area contributed by atoms with Gasteiger partial charge in [-0.3, -0.25) is 4.90 Å². The van der Waals surface area contributed by atoms with E-state index < -0.39 is 10.0 Å². The molecule has 0 bridgehead atoms. The molecule has 0 atom stereocenters. The van der Waals surface area contributed by atoms with E-state index in [2.05, 4.69) is 10.00 Å². The standard InChI is InChI=1S/C16H22N4O2S/c1-23(21,22)19-9-5-8-18(10-11-19)13-15-12-17-20(14-15)16-6-3-2-4-7-16/h2-4,6-7,12,14H,5,8-11,13H2,1H3. The van der Waals surface area contributed by atoms with E-state index in [1.54, 1.807) is 4.31 Å². The minimum atomic E-state index is -3.09. The largest absolute Gasteiger partial charge is 0.298 e. The molecule has 124 valence electrons. The topological polar surface area (TPSA) is 58.4 Å². The molecule has 0 spiro atoms. The molecule has 23 heavy (non-hydrogen) atoms. The van der Waals surface area contributed by atoms with Crippen molar-refractivity contribution in [2.75, 3.05) is 32.4 Å². The summed E-state index contributed by atoms with van der Waals surface area (Å²) >= 11 is 0. The minimum absolute atomic E-state index is 0.561. The molecule has 2 heterocycles. The van der Waals surface area contributed by atoms with Gasteiger partial charge in [0.1, 0.15) is 0 Å². The lowest BCUT2D eigenvalue weighted by Gasteiger charge is -2.19. The summed E-state index contributed by atoms with van der Waals surface area (Å²) in [5.74, 6) is 0. The van der Waals surface area contributed by atoms with Gasteiger partial charge in [-0.2, -0.15) is 5.10 Å². The molecule has 1 fully saturated rings. The molecule has 0 N–H and O–H groups in total. The van der Waals surface area contributed by atoms with Crippen LogP contribution in [0.3, 0.4) is 0 Å². The zero-order valence-corrected chi connectivity index (χ0v) is 14.1. The number of nitrogens with zero attached hydrogens (tertiary/aromatic N) is 4. The number of rotatable bonds is 4. The monoisotopic (exact) mass is 334 g/mol. The molecule has 1 aliphatic rings. The van der Waals surface area contributed by atoms with Crippen LogP contribution in [0.2, 0.25) is 0 Å². The van der Waals surface area contributed by atoms with Gasteiger partial charge in [0.05, 0.1) is 18.1 Å². The van der Waals surface area contributed by atoms with Gasteiger partial charge in [0.25, 0.3) is 0 Å². The van der Waals surface area contributed by atoms with Gasteiger partial charge >= 0.3 is 0 Å². The van der Waals surface area contributed by atoms with Crippen molar-refractivity contribution in [3.8, 4) is 5.69 Å². The van der Waals surface area contributed by atoms with Gasteiger partial charge in [0, 0.05) is 37.9 Å². The van der Waals surface area contributed by atoms with Crippen LogP contribution in [-0.2, 0) is 16.6 Å². The molecule has 0 radical (unpaired) electrons. The van der Waals surface area contributed by atoms with E-state index in [1.807, 2.05) is 47.4 Å². The number of hydrogen-bond donors (Lipinski definition) is 0. The average Bonchev–Trinajstić information content (AvgIpc) is 2.85. The van der Waals surface area contributed by atoms with Gasteiger partial charge < -0.3 is 0 Å². The van der Waals surface area contributed by atoms with Crippen molar-refractivity contribution in [2.45, 2.75) is 13.0 Å². The third kappa shape index (κ3) is 4.19. The van der Waals surface area contributed by atoms with Crippen LogP contribution >= 0.6 is 0 Å². The minimum Gasteiger partial charge on any atom is -0.298 e. The number of para-hydroxylation sites is 1. The molecule has 1 saturated heterocycles. The first-order chi connectivity index (χ1) is 11.0. The molecule has 0 saturated carbocycles. The maximum atomic E-state index is 11.7. The van der Waals surface area contributed by atoms with Crippen molar-refractivity contribution in [2.24, 2.45) is 0 Å². The highest BCUT2D eigenvalue weighted by atomic mass is 32.2. The second kappa shape index (κ2) is 6.82. The lowest BCUT2D eigenvalue weighted by Crippen LogP contribution is -2.34. The fourth-order valence-corrected chi connectivity index (χ4v) is 3.73. The molecule has 6 nitrogen and oxygen atoms in total. The first-order valence-electron chi connectivity index (χ1n) is 7.79. The van der Waals surface area contributed by atoms with Gasteiger partial charge in [-0.05, 0) is 25.1 Å². The Hall–Kier alpha value is -1.70. The highest BCUT2D eigenvalue weighted by molar-refractivity contribution is 7.88. The summed E-state index contributed by atoms with van der Waals surface area (Å²) in [6, 6.07) is 10.0. The fraction of sp³-hybridized carbons (Fsp3) is 0.438. The average molecular weight is 334 g/mol. The second-order valence-electron chi connectivity index (χ2n) is 5.92. The first kappa shape index (κ1) is 16.2. The van der Waals surface area contributed by atoms with Gasteiger partial charge in [-0.1, -0.05) is 18.2 Å². The molecule has 1 aromatic carbocycles. The number of benzene rings is 1. The van der Waals surface area contributed by atoms with Crippen molar-refractivity contribution < 1.29 is 8.42 Å². The SMILES string of the molecule is CS(=O)(=O)N1CCCN(Cc2cnn(-c3ccccc3)c2)CC1. The van der Waals surface area contributed by atoms with Crippen LogP contribution in [-0.4, -0.2) is 59.8 Å². The van der Waals surface area contributed by atoms with Crippen molar-refractivity contribution >= 4 is 10.0 Å². The van der Waals surface area contributed by atoms with Crippen molar-refractivity contribution in [3.63, 3.8) is 0 Å². The summed E-state index contributed by atoms with van der Waals surface area (Å²) in [4.78, 5) is 2.29. The zero-order chi connectivity index (χ0) is 16.3. The Balaban J connectivity index is 1.63. The Morgan fingerprint density at radius 2 is 1.87 bits per heavy atom. The van der Waals surface area contributed by atoms with Gasteiger partial charge in [-0.15, -0.1) is 0 Å². The van der Waals surface area contributed by atoms with Crippen LogP contribution in [0.25, 0.3) is 5.69 Å². The van der Waals surface area contributed by atoms with Crippen LogP contribution in [0.15, 0.2) is 42.7 Å². The van der Waals surface area contributed by atoms with Crippen LogP contribution in [0, 0.1) is 0 Å². The lowest BCUT2D eigenvalue weighted by molar-refractivity contribution is 0.279. The molecule has 0 amide bonds. The van der Waals surface area contributed by atoms with Crippen LogP contribution in [0.4, 0.5) is 0 Å². The van der Waals surface area contributed by atoms with Gasteiger partial charge in [-0.25, -0.2) is 17.4 Å². The third-order valence-corrected chi connectivity index (χ3v) is 5.38. The highest BCUT2D eigenvalue weighted by Gasteiger charge is 2.21. The molecule has 1 aliphatic heterocycles. The van der Waals surface area contributed by atoms with Gasteiger partial charge in [0.2, 0.25) is 10.0 Å². The van der Waals surface area contributed by atoms with E-state index in [0.717, 1.165) is 37.3 Å². The number of hydrogen-bond acceptors (Lipinski definition) is 4. The molecule has 0 aliphatic carbocycles. The van der Waals surface area contributed by atoms with E-state index in [1.165, 1.54) is 6.26 Å². The summed E-state index contributed by atoms with van der Waals surface area (Å²) < 4.78 is 26.8. The van der Waals surface area contributed by atoms with Crippen molar-refractivity contribution in [1.82, 2.24) is 19.0 Å². The van der Waals surface area contributed by atoms with Gasteiger partial charge in [0.15, 0.2) is 0 Å². The highest BCUT2D eigenvalue weighted by Crippen LogP contribution is 2.12. The molecule has 3 rings (SSSR count). The van der Waals surface area contributed by atoms with E-state index >= 15 is 0 Å². The maximum absolute atomic E-state index is 11.7. The van der Waals surface area contributed by atoms with E-state index in [4.69, 9.17) is 0 Å². The normalized spacial score (nSPS) is 18.0. The maximum Gasteiger partial charge on any atom is 0.211 e. The molecular weight excluding hydrogens is 312 g/mol. The van der Waals surface area contributed by atoms with E-state index in [0.29, 0.717) is 13.1 Å². The second-order valence-corrected chi connectivity index (χ2v) is 7.90. The molecular formula is C16H22N4O2S. The molecule has 2 aromatic rings. The van der Waals surface area contributed by atoms with Crippen LogP contribution in [0.1, 0.15) is 12.0 Å². The summed E-state index contributed by atoms with van der Waals surface area (Å²) in [7, 11) is -3.09. The Labute approximate surface area is 137 Å². The summed E-state index contributed by atoms with van der Waals surface area (Å²) in [5.41, 5.74) is 2.18. The Morgan fingerprint density at radius 3 is 2.61 bits per heavy atom. The predicted octanol–water partition coefficient (Wildman–Crippen LogP) is 1.34. The molecule has 0 unspecified atom stereocenters. The number of aromatic nitrogens is 2. The third-order valence-electron chi connectivity index (χ3n) is 4.08. The fourth-order valence-electron chi connectivity index (χ4n) is 2.86. The quantitative estimate of drug-likeness (QED) is 0.847. The Morgan fingerprint density at radius 1 is 1.09 bits per heavy atom. The van der Waals surface area contributed by atoms with Crippen LogP contribution < -0.4 is 0 Å². The van der Waals surface area contributed by atoms with E-state index in [9.17, 15) is 8.42 Å². The van der Waals surface area contributed by atoms with Crippen LogP contribution in [0.5, 0.6) is 0 Å². The van der Waals surface area contributed by atoms with E-state index in [-0.39, 0.29) is 0 Å². The smallest absolute Gasteiger partial charge is 0.211 e. The Bertz CT molecular complexity index is 742. The first-order valence-corrected chi connectivity index (χ1v) is 9.64. The molecule has 1 aromatic heterocycles. The summed E-state index contributed by atoms with van der Waals surface area (Å²) in [6.07, 6.45) is 6.06.